The second-order valence-corrected chi connectivity index (χ2v) is 6.82. The van der Waals surface area contributed by atoms with E-state index in [-0.39, 0.29) is 12.2 Å². The van der Waals surface area contributed by atoms with Crippen molar-refractivity contribution in [1.82, 2.24) is 0 Å². The molecule has 5 nitrogen and oxygen atoms in total. The fraction of sp³-hybridized carbons (Fsp3) is 0.0833. The predicted molar refractivity (Wildman–Crippen MR) is 116 cm³/mol. The third-order valence-electron chi connectivity index (χ3n) is 4.32. The lowest BCUT2D eigenvalue weighted by Crippen LogP contribution is -2.01. The molecule has 3 aromatic carbocycles. The number of halogens is 1. The van der Waals surface area contributed by atoms with Crippen LogP contribution in [-0.4, -0.2) is 18.2 Å². The normalized spacial score (nSPS) is 10.9. The Hall–Kier alpha value is -3.75. The molecule has 0 aromatic heterocycles. The van der Waals surface area contributed by atoms with Gasteiger partial charge in [-0.25, -0.2) is 4.79 Å². The number of benzene rings is 3. The van der Waals surface area contributed by atoms with Gasteiger partial charge in [-0.3, -0.25) is 0 Å². The number of hydrogen-bond donors (Lipinski definition) is 1. The number of nitriles is 1. The minimum absolute atomic E-state index is 0.193. The van der Waals surface area contributed by atoms with Crippen LogP contribution in [0.15, 0.2) is 66.7 Å². The molecule has 150 valence electrons. The summed E-state index contributed by atoms with van der Waals surface area (Å²) in [5.74, 6) is 0.0248. The zero-order chi connectivity index (χ0) is 21.5. The molecule has 1 N–H and O–H groups in total. The first-order valence-electron chi connectivity index (χ1n) is 9.01. The van der Waals surface area contributed by atoms with Gasteiger partial charge in [0.1, 0.15) is 6.61 Å². The maximum atomic E-state index is 11.1. The van der Waals surface area contributed by atoms with Crippen molar-refractivity contribution < 1.29 is 19.4 Å². The number of carboxylic acids is 1. The van der Waals surface area contributed by atoms with Gasteiger partial charge < -0.3 is 14.6 Å². The lowest BCUT2D eigenvalue weighted by Gasteiger charge is -2.12. The Balaban J connectivity index is 1.82. The number of methoxy groups -OCH3 is 1. The van der Waals surface area contributed by atoms with Gasteiger partial charge in [-0.05, 0) is 59.2 Å². The number of nitrogens with zero attached hydrogens (tertiary/aromatic N) is 1. The molecule has 0 amide bonds. The number of carbonyl (C=O) groups is 1. The average Bonchev–Trinajstić information content (AvgIpc) is 2.76. The third kappa shape index (κ3) is 5.19. The molecule has 0 saturated carbocycles. The fourth-order valence-corrected chi connectivity index (χ4v) is 3.04. The molecule has 0 radical (unpaired) electrons. The van der Waals surface area contributed by atoms with Gasteiger partial charge in [-0.15, -0.1) is 0 Å². The molecule has 0 bridgehead atoms. The van der Waals surface area contributed by atoms with Gasteiger partial charge in [-0.2, -0.15) is 5.26 Å². The van der Waals surface area contributed by atoms with E-state index in [2.05, 4.69) is 6.07 Å². The first-order valence-corrected chi connectivity index (χ1v) is 9.39. The van der Waals surface area contributed by atoms with Crippen molar-refractivity contribution in [2.75, 3.05) is 7.11 Å². The Bertz CT molecular complexity index is 1150. The van der Waals surface area contributed by atoms with Crippen LogP contribution >= 0.6 is 11.6 Å². The summed E-state index contributed by atoms with van der Waals surface area (Å²) in [7, 11) is 1.53. The molecule has 3 rings (SSSR count). The van der Waals surface area contributed by atoms with E-state index in [1.165, 1.54) is 13.2 Å². The van der Waals surface area contributed by atoms with Gasteiger partial charge in [0.25, 0.3) is 0 Å². The summed E-state index contributed by atoms with van der Waals surface area (Å²) in [6.07, 6.45) is 1.74. The molecule has 0 fully saturated rings. The van der Waals surface area contributed by atoms with Crippen molar-refractivity contribution in [3.05, 3.63) is 94.0 Å². The quantitative estimate of drug-likeness (QED) is 0.393. The van der Waals surface area contributed by atoms with E-state index in [9.17, 15) is 10.1 Å². The molecule has 0 aliphatic heterocycles. The summed E-state index contributed by atoms with van der Waals surface area (Å²) >= 11 is 6.02. The van der Waals surface area contributed by atoms with Gasteiger partial charge >= 0.3 is 5.97 Å². The smallest absolute Gasteiger partial charge is 0.335 e. The first kappa shape index (κ1) is 21.0. The zero-order valence-electron chi connectivity index (χ0n) is 16.1. The third-order valence-corrected chi connectivity index (χ3v) is 4.56. The summed E-state index contributed by atoms with van der Waals surface area (Å²) in [5.41, 5.74) is 2.90. The van der Waals surface area contributed by atoms with Crippen LogP contribution < -0.4 is 9.47 Å². The summed E-state index contributed by atoms with van der Waals surface area (Å²) in [4.78, 5) is 11.1. The van der Waals surface area contributed by atoms with Gasteiger partial charge in [0.05, 0.1) is 24.3 Å². The zero-order valence-corrected chi connectivity index (χ0v) is 16.9. The Labute approximate surface area is 179 Å². The number of rotatable bonds is 7. The summed E-state index contributed by atoms with van der Waals surface area (Å²) in [6, 6.07) is 21.2. The summed E-state index contributed by atoms with van der Waals surface area (Å²) in [5, 5.41) is 19.2. The number of ether oxygens (including phenoxy) is 2. The highest BCUT2D eigenvalue weighted by molar-refractivity contribution is 6.30. The SMILES string of the molecule is COc1cc(/C=C(/C#N)c2cccc(Cl)c2)ccc1OCc1cccc(C(=O)O)c1. The molecule has 3 aromatic rings. The monoisotopic (exact) mass is 419 g/mol. The number of allylic oxidation sites excluding steroid dienone is 1. The van der Waals surface area contributed by atoms with Crippen molar-refractivity contribution in [1.29, 1.82) is 5.26 Å². The van der Waals surface area contributed by atoms with Crippen LogP contribution in [0.5, 0.6) is 11.5 Å². The van der Waals surface area contributed by atoms with E-state index >= 15 is 0 Å². The van der Waals surface area contributed by atoms with E-state index < -0.39 is 5.97 Å². The average molecular weight is 420 g/mol. The molecule has 0 aliphatic rings. The second-order valence-electron chi connectivity index (χ2n) is 6.38. The van der Waals surface area contributed by atoms with Gasteiger partial charge in [-0.1, -0.05) is 41.9 Å². The first-order chi connectivity index (χ1) is 14.5. The fourth-order valence-electron chi connectivity index (χ4n) is 2.85. The van der Waals surface area contributed by atoms with E-state index in [0.717, 1.165) is 16.7 Å². The Morgan fingerprint density at radius 2 is 1.83 bits per heavy atom. The summed E-state index contributed by atoms with van der Waals surface area (Å²) in [6.45, 7) is 0.193. The van der Waals surface area contributed by atoms with Gasteiger partial charge in [0.15, 0.2) is 11.5 Å². The summed E-state index contributed by atoms with van der Waals surface area (Å²) < 4.78 is 11.2. The van der Waals surface area contributed by atoms with Crippen molar-refractivity contribution in [2.45, 2.75) is 6.61 Å². The lowest BCUT2D eigenvalue weighted by atomic mass is 10.0. The minimum Gasteiger partial charge on any atom is -0.493 e. The molecule has 0 unspecified atom stereocenters. The van der Waals surface area contributed by atoms with Crippen molar-refractivity contribution in [3.8, 4) is 17.6 Å². The molecular formula is C24H18ClNO4. The Kier molecular flexibility index (Phi) is 6.74. The molecule has 0 heterocycles. The standard InChI is InChI=1S/C24H18ClNO4/c1-29-23-12-16(10-20(14-26)18-5-3-7-21(25)13-18)8-9-22(23)30-15-17-4-2-6-19(11-17)24(27)28/h2-13H,15H2,1H3,(H,27,28)/b20-10-. The highest BCUT2D eigenvalue weighted by Crippen LogP contribution is 2.31. The van der Waals surface area contributed by atoms with Crippen molar-refractivity contribution >= 4 is 29.2 Å². The molecule has 0 spiro atoms. The molecular weight excluding hydrogens is 402 g/mol. The topological polar surface area (TPSA) is 79.5 Å². The van der Waals surface area contributed by atoms with E-state index in [0.29, 0.717) is 22.1 Å². The predicted octanol–water partition coefficient (Wildman–Crippen LogP) is 5.69. The number of aromatic carboxylic acids is 1. The maximum Gasteiger partial charge on any atom is 0.335 e. The van der Waals surface area contributed by atoms with Crippen LogP contribution in [-0.2, 0) is 6.61 Å². The maximum absolute atomic E-state index is 11.1. The van der Waals surface area contributed by atoms with Crippen LogP contribution in [0.2, 0.25) is 5.02 Å². The largest absolute Gasteiger partial charge is 0.493 e. The Morgan fingerprint density at radius 3 is 2.53 bits per heavy atom. The molecule has 0 aliphatic carbocycles. The van der Waals surface area contributed by atoms with Crippen LogP contribution in [0.25, 0.3) is 11.6 Å². The van der Waals surface area contributed by atoms with Gasteiger partial charge in [0.2, 0.25) is 0 Å². The lowest BCUT2D eigenvalue weighted by molar-refractivity contribution is 0.0696. The van der Waals surface area contributed by atoms with Crippen LogP contribution in [0.1, 0.15) is 27.0 Å². The number of hydrogen-bond acceptors (Lipinski definition) is 4. The molecule has 0 atom stereocenters. The van der Waals surface area contributed by atoms with Crippen molar-refractivity contribution in [2.24, 2.45) is 0 Å². The second kappa shape index (κ2) is 9.64. The highest BCUT2D eigenvalue weighted by Gasteiger charge is 2.09. The van der Waals surface area contributed by atoms with Crippen molar-refractivity contribution in [3.63, 3.8) is 0 Å². The molecule has 6 heteroatoms. The Morgan fingerprint density at radius 1 is 1.07 bits per heavy atom. The highest BCUT2D eigenvalue weighted by atomic mass is 35.5. The van der Waals surface area contributed by atoms with E-state index in [1.807, 2.05) is 12.1 Å². The minimum atomic E-state index is -0.987. The number of carboxylic acid groups (broad SMARTS) is 1. The molecule has 0 saturated heterocycles. The van der Waals surface area contributed by atoms with Gasteiger partial charge in [0, 0.05) is 5.02 Å². The van der Waals surface area contributed by atoms with Crippen LogP contribution in [0.3, 0.4) is 0 Å². The van der Waals surface area contributed by atoms with Crippen LogP contribution in [0.4, 0.5) is 0 Å². The van der Waals surface area contributed by atoms with E-state index in [4.69, 9.17) is 26.2 Å². The molecule has 30 heavy (non-hydrogen) atoms. The van der Waals surface area contributed by atoms with Crippen LogP contribution in [0, 0.1) is 11.3 Å². The van der Waals surface area contributed by atoms with E-state index in [1.54, 1.807) is 54.6 Å².